The van der Waals surface area contributed by atoms with E-state index in [9.17, 15) is 4.79 Å². The molecule has 0 aliphatic rings. The molecule has 2 aromatic carbocycles. The Morgan fingerprint density at radius 3 is 2.48 bits per heavy atom. The van der Waals surface area contributed by atoms with Gasteiger partial charge in [0.1, 0.15) is 11.4 Å². The summed E-state index contributed by atoms with van der Waals surface area (Å²) in [5, 5.41) is 8.25. The van der Waals surface area contributed by atoms with Gasteiger partial charge in [0.2, 0.25) is 0 Å². The molecule has 1 aromatic heterocycles. The summed E-state index contributed by atoms with van der Waals surface area (Å²) in [7, 11) is 0. The SMILES string of the molecule is CCCCOC(=O)n1nnc(-c2ccccc2)c1-c1ccc(N)cc1. The molecule has 0 fully saturated rings. The largest absolute Gasteiger partial charge is 0.448 e. The highest BCUT2D eigenvalue weighted by atomic mass is 16.6. The molecule has 25 heavy (non-hydrogen) atoms. The predicted molar refractivity (Wildman–Crippen MR) is 97.0 cm³/mol. The Bertz CT molecular complexity index is 842. The molecule has 3 aromatic rings. The average Bonchev–Trinajstić information content (AvgIpc) is 3.08. The molecule has 0 aliphatic heterocycles. The lowest BCUT2D eigenvalue weighted by molar-refractivity contribution is 0.142. The molecular formula is C19H20N4O2. The number of carbonyl (C=O) groups is 1. The number of hydrogen-bond acceptors (Lipinski definition) is 5. The van der Waals surface area contributed by atoms with Crippen molar-refractivity contribution in [3.63, 3.8) is 0 Å². The number of carbonyl (C=O) groups excluding carboxylic acids is 1. The Hall–Kier alpha value is -3.15. The van der Waals surface area contributed by atoms with Crippen LogP contribution in [-0.2, 0) is 4.74 Å². The van der Waals surface area contributed by atoms with Crippen LogP contribution in [0.1, 0.15) is 19.8 Å². The van der Waals surface area contributed by atoms with Crippen molar-refractivity contribution >= 4 is 11.8 Å². The fraction of sp³-hybridized carbons (Fsp3) is 0.211. The molecule has 0 radical (unpaired) electrons. The first-order chi connectivity index (χ1) is 12.2. The van der Waals surface area contributed by atoms with Crippen molar-refractivity contribution in [2.75, 3.05) is 12.3 Å². The third-order valence-corrected chi connectivity index (χ3v) is 3.80. The highest BCUT2D eigenvalue weighted by Crippen LogP contribution is 2.30. The molecule has 0 amide bonds. The molecule has 0 saturated carbocycles. The van der Waals surface area contributed by atoms with Crippen LogP contribution >= 0.6 is 0 Å². The van der Waals surface area contributed by atoms with Crippen LogP contribution in [0.3, 0.4) is 0 Å². The molecule has 2 N–H and O–H groups in total. The second kappa shape index (κ2) is 7.61. The van der Waals surface area contributed by atoms with Gasteiger partial charge in [-0.15, -0.1) is 9.78 Å². The minimum Gasteiger partial charge on any atom is -0.448 e. The van der Waals surface area contributed by atoms with Crippen LogP contribution in [0.4, 0.5) is 10.5 Å². The molecule has 1 heterocycles. The molecule has 0 bridgehead atoms. The van der Waals surface area contributed by atoms with Crippen LogP contribution in [-0.4, -0.2) is 27.7 Å². The number of unbranched alkanes of at least 4 members (excludes halogenated alkanes) is 1. The summed E-state index contributed by atoms with van der Waals surface area (Å²) in [6, 6.07) is 16.9. The standard InChI is InChI=1S/C19H20N4O2/c1-2-3-13-25-19(24)23-18(15-9-11-16(20)12-10-15)17(21-22-23)14-7-5-4-6-8-14/h4-12H,2-3,13,20H2,1H3. The van der Waals surface area contributed by atoms with Crippen LogP contribution in [0.15, 0.2) is 54.6 Å². The highest BCUT2D eigenvalue weighted by Gasteiger charge is 2.21. The average molecular weight is 336 g/mol. The van der Waals surface area contributed by atoms with Gasteiger partial charge in [0.25, 0.3) is 0 Å². The summed E-state index contributed by atoms with van der Waals surface area (Å²) in [6.07, 6.45) is 1.23. The molecule has 0 atom stereocenters. The van der Waals surface area contributed by atoms with Gasteiger partial charge >= 0.3 is 6.09 Å². The number of rotatable bonds is 5. The quantitative estimate of drug-likeness (QED) is 0.563. The molecule has 6 nitrogen and oxygen atoms in total. The molecule has 0 aliphatic carbocycles. The summed E-state index contributed by atoms with van der Waals surface area (Å²) >= 11 is 0. The molecule has 128 valence electrons. The summed E-state index contributed by atoms with van der Waals surface area (Å²) in [5.74, 6) is 0. The van der Waals surface area contributed by atoms with E-state index in [0.717, 1.165) is 24.0 Å². The van der Waals surface area contributed by atoms with Crippen LogP contribution < -0.4 is 5.73 Å². The van der Waals surface area contributed by atoms with E-state index in [1.54, 1.807) is 12.1 Å². The normalized spacial score (nSPS) is 10.6. The maximum absolute atomic E-state index is 12.4. The van der Waals surface area contributed by atoms with E-state index in [4.69, 9.17) is 10.5 Å². The van der Waals surface area contributed by atoms with Gasteiger partial charge in [0.15, 0.2) is 0 Å². The fourth-order valence-electron chi connectivity index (χ4n) is 2.47. The minimum atomic E-state index is -0.532. The highest BCUT2D eigenvalue weighted by molar-refractivity contribution is 5.85. The van der Waals surface area contributed by atoms with Gasteiger partial charge in [-0.05, 0) is 18.6 Å². The van der Waals surface area contributed by atoms with Crippen molar-refractivity contribution in [1.82, 2.24) is 15.0 Å². The second-order valence-corrected chi connectivity index (χ2v) is 5.65. The molecular weight excluding hydrogens is 316 g/mol. The van der Waals surface area contributed by atoms with Crippen molar-refractivity contribution in [2.45, 2.75) is 19.8 Å². The van der Waals surface area contributed by atoms with E-state index < -0.39 is 6.09 Å². The van der Waals surface area contributed by atoms with E-state index >= 15 is 0 Å². The number of nitrogens with zero attached hydrogens (tertiary/aromatic N) is 3. The Kier molecular flexibility index (Phi) is 5.09. The lowest BCUT2D eigenvalue weighted by atomic mass is 10.0. The lowest BCUT2D eigenvalue weighted by Gasteiger charge is -2.08. The Morgan fingerprint density at radius 2 is 1.80 bits per heavy atom. The maximum atomic E-state index is 12.4. The van der Waals surface area contributed by atoms with Crippen LogP contribution in [0.2, 0.25) is 0 Å². The Labute approximate surface area is 146 Å². The Balaban J connectivity index is 2.05. The first-order valence-electron chi connectivity index (χ1n) is 8.25. The number of aromatic nitrogens is 3. The van der Waals surface area contributed by atoms with E-state index in [2.05, 4.69) is 10.3 Å². The molecule has 0 spiro atoms. The van der Waals surface area contributed by atoms with Gasteiger partial charge < -0.3 is 10.5 Å². The number of benzene rings is 2. The van der Waals surface area contributed by atoms with Crippen LogP contribution in [0.25, 0.3) is 22.5 Å². The molecule has 0 unspecified atom stereocenters. The molecule has 3 rings (SSSR count). The molecule has 0 saturated heterocycles. The number of nitrogens with two attached hydrogens (primary N) is 1. The zero-order valence-electron chi connectivity index (χ0n) is 14.1. The van der Waals surface area contributed by atoms with Crippen LogP contribution in [0, 0.1) is 0 Å². The van der Waals surface area contributed by atoms with Gasteiger partial charge in [-0.25, -0.2) is 4.79 Å². The van der Waals surface area contributed by atoms with Gasteiger partial charge in [0.05, 0.1) is 6.61 Å². The van der Waals surface area contributed by atoms with Crippen molar-refractivity contribution in [3.05, 3.63) is 54.6 Å². The second-order valence-electron chi connectivity index (χ2n) is 5.65. The number of nitrogen functional groups attached to an aromatic ring is 1. The Morgan fingerprint density at radius 1 is 1.08 bits per heavy atom. The minimum absolute atomic E-state index is 0.358. The topological polar surface area (TPSA) is 83.0 Å². The smallest absolute Gasteiger partial charge is 0.436 e. The monoisotopic (exact) mass is 336 g/mol. The van der Waals surface area contributed by atoms with E-state index in [0.29, 0.717) is 23.7 Å². The predicted octanol–water partition coefficient (Wildman–Crippen LogP) is 3.98. The van der Waals surface area contributed by atoms with Crippen molar-refractivity contribution in [2.24, 2.45) is 0 Å². The summed E-state index contributed by atoms with van der Waals surface area (Å²) in [6.45, 7) is 2.40. The van der Waals surface area contributed by atoms with E-state index in [1.165, 1.54) is 4.68 Å². The third kappa shape index (κ3) is 3.68. The number of ether oxygens (including phenoxy) is 1. The first-order valence-corrected chi connectivity index (χ1v) is 8.25. The van der Waals surface area contributed by atoms with E-state index in [1.807, 2.05) is 49.4 Å². The van der Waals surface area contributed by atoms with Gasteiger partial charge in [-0.3, -0.25) is 0 Å². The molecule has 6 heteroatoms. The maximum Gasteiger partial charge on any atom is 0.436 e. The third-order valence-electron chi connectivity index (χ3n) is 3.80. The van der Waals surface area contributed by atoms with Crippen LogP contribution in [0.5, 0.6) is 0 Å². The number of anilines is 1. The van der Waals surface area contributed by atoms with Crippen molar-refractivity contribution in [1.29, 1.82) is 0 Å². The van der Waals surface area contributed by atoms with Crippen molar-refractivity contribution in [3.8, 4) is 22.5 Å². The van der Waals surface area contributed by atoms with E-state index in [-0.39, 0.29) is 0 Å². The van der Waals surface area contributed by atoms with Gasteiger partial charge in [0, 0.05) is 16.8 Å². The van der Waals surface area contributed by atoms with Crippen molar-refractivity contribution < 1.29 is 9.53 Å². The summed E-state index contributed by atoms with van der Waals surface area (Å²) < 4.78 is 6.51. The summed E-state index contributed by atoms with van der Waals surface area (Å²) in [5.41, 5.74) is 9.31. The zero-order chi connectivity index (χ0) is 17.6. The fourth-order valence-corrected chi connectivity index (χ4v) is 2.47. The van der Waals surface area contributed by atoms with Gasteiger partial charge in [-0.1, -0.05) is 61.0 Å². The first kappa shape index (κ1) is 16.7. The zero-order valence-corrected chi connectivity index (χ0v) is 14.1. The summed E-state index contributed by atoms with van der Waals surface area (Å²) in [4.78, 5) is 12.4. The number of hydrogen-bond donors (Lipinski definition) is 1. The van der Waals surface area contributed by atoms with Gasteiger partial charge in [-0.2, -0.15) is 0 Å². The lowest BCUT2D eigenvalue weighted by Crippen LogP contribution is -2.17.